The quantitative estimate of drug-likeness (QED) is 0.715. The molecule has 0 amide bonds. The molecule has 1 N–H and O–H groups in total. The van der Waals surface area contributed by atoms with Crippen molar-refractivity contribution in [1.82, 2.24) is 10.5 Å². The number of aromatic nitrogens is 1. The molecule has 24 heavy (non-hydrogen) atoms. The van der Waals surface area contributed by atoms with Gasteiger partial charge in [-0.1, -0.05) is 53.2 Å². The van der Waals surface area contributed by atoms with Crippen molar-refractivity contribution >= 4 is 11.6 Å². The van der Waals surface area contributed by atoms with E-state index in [0.29, 0.717) is 11.6 Å². The highest BCUT2D eigenvalue weighted by Gasteiger charge is 2.20. The summed E-state index contributed by atoms with van der Waals surface area (Å²) in [6.07, 6.45) is 0. The number of halogens is 1. The molecule has 3 rings (SSSR count). The largest absolute Gasteiger partial charge is 0.496 e. The van der Waals surface area contributed by atoms with Crippen molar-refractivity contribution in [1.29, 1.82) is 0 Å². The minimum atomic E-state index is -0.119. The fourth-order valence-electron chi connectivity index (χ4n) is 2.71. The molecule has 1 aromatic heterocycles. The zero-order chi connectivity index (χ0) is 16.9. The fourth-order valence-corrected chi connectivity index (χ4v) is 2.95. The maximum atomic E-state index is 6.44. The van der Waals surface area contributed by atoms with Crippen LogP contribution in [-0.4, -0.2) is 12.3 Å². The molecule has 0 radical (unpaired) electrons. The first-order chi connectivity index (χ1) is 11.7. The van der Waals surface area contributed by atoms with Gasteiger partial charge in [-0.2, -0.15) is 0 Å². The molecule has 0 spiro atoms. The van der Waals surface area contributed by atoms with Gasteiger partial charge >= 0.3 is 0 Å². The number of nitrogens with zero attached hydrogens (tertiary/aromatic N) is 1. The summed E-state index contributed by atoms with van der Waals surface area (Å²) in [6, 6.07) is 17.5. The Morgan fingerprint density at radius 2 is 1.83 bits per heavy atom. The van der Waals surface area contributed by atoms with Gasteiger partial charge < -0.3 is 14.6 Å². The Morgan fingerprint density at radius 3 is 2.50 bits per heavy atom. The minimum absolute atomic E-state index is 0.119. The number of rotatable bonds is 6. The van der Waals surface area contributed by atoms with Gasteiger partial charge in [0.25, 0.3) is 0 Å². The highest BCUT2D eigenvalue weighted by molar-refractivity contribution is 6.31. The summed E-state index contributed by atoms with van der Waals surface area (Å²) in [6.45, 7) is 2.44. The number of methoxy groups -OCH3 is 1. The Bertz CT molecular complexity index is 816. The summed E-state index contributed by atoms with van der Waals surface area (Å²) in [5.74, 6) is 1.60. The van der Waals surface area contributed by atoms with Gasteiger partial charge in [0.2, 0.25) is 0 Å². The summed E-state index contributed by atoms with van der Waals surface area (Å²) in [5, 5.41) is 8.25. The van der Waals surface area contributed by atoms with Crippen LogP contribution in [0.15, 0.2) is 59.1 Å². The van der Waals surface area contributed by atoms with Crippen molar-refractivity contribution in [2.75, 3.05) is 7.11 Å². The Kier molecular flexibility index (Phi) is 5.18. The van der Waals surface area contributed by atoms with Gasteiger partial charge in [-0.05, 0) is 24.6 Å². The molecule has 0 saturated heterocycles. The van der Waals surface area contributed by atoms with E-state index in [4.69, 9.17) is 20.9 Å². The second-order valence-electron chi connectivity index (χ2n) is 5.51. The molecule has 124 valence electrons. The van der Waals surface area contributed by atoms with Crippen LogP contribution >= 0.6 is 11.6 Å². The smallest absolute Gasteiger partial charge is 0.133 e. The van der Waals surface area contributed by atoms with Gasteiger partial charge in [0.05, 0.1) is 18.8 Å². The van der Waals surface area contributed by atoms with Gasteiger partial charge in [0.15, 0.2) is 0 Å². The van der Waals surface area contributed by atoms with Crippen LogP contribution in [0.1, 0.15) is 28.6 Å². The highest BCUT2D eigenvalue weighted by Crippen LogP contribution is 2.33. The molecular weight excluding hydrogens is 324 g/mol. The van der Waals surface area contributed by atoms with Crippen molar-refractivity contribution in [3.05, 3.63) is 82.2 Å². The Labute approximate surface area is 146 Å². The summed E-state index contributed by atoms with van der Waals surface area (Å²) in [4.78, 5) is 0. The third-order valence-corrected chi connectivity index (χ3v) is 4.17. The maximum absolute atomic E-state index is 6.44. The number of hydrogen-bond acceptors (Lipinski definition) is 4. The van der Waals surface area contributed by atoms with E-state index < -0.39 is 0 Å². The molecule has 0 aliphatic rings. The SMILES string of the molecule is COc1ccccc1[C@@H](NCc1cc(C)on1)c1ccccc1Cl. The van der Waals surface area contributed by atoms with Crippen LogP contribution in [0, 0.1) is 6.92 Å². The molecule has 3 aromatic rings. The molecule has 1 heterocycles. The number of para-hydroxylation sites is 1. The Morgan fingerprint density at radius 1 is 1.12 bits per heavy atom. The first kappa shape index (κ1) is 16.6. The predicted molar refractivity (Wildman–Crippen MR) is 94.4 cm³/mol. The lowest BCUT2D eigenvalue weighted by Crippen LogP contribution is -2.23. The zero-order valence-electron chi connectivity index (χ0n) is 13.6. The molecule has 0 bridgehead atoms. The van der Waals surface area contributed by atoms with Gasteiger partial charge in [0.1, 0.15) is 11.5 Å². The van der Waals surface area contributed by atoms with E-state index in [2.05, 4.69) is 10.5 Å². The van der Waals surface area contributed by atoms with Gasteiger partial charge in [0, 0.05) is 23.2 Å². The number of hydrogen-bond donors (Lipinski definition) is 1. The second-order valence-corrected chi connectivity index (χ2v) is 5.91. The number of aryl methyl sites for hydroxylation is 1. The van der Waals surface area contributed by atoms with Crippen LogP contribution in [0.4, 0.5) is 0 Å². The normalized spacial score (nSPS) is 12.1. The zero-order valence-corrected chi connectivity index (χ0v) is 14.4. The van der Waals surface area contributed by atoms with Crippen LogP contribution < -0.4 is 10.1 Å². The van der Waals surface area contributed by atoms with Crippen LogP contribution in [0.5, 0.6) is 5.75 Å². The summed E-state index contributed by atoms with van der Waals surface area (Å²) in [7, 11) is 1.67. The fraction of sp³-hybridized carbons (Fsp3) is 0.211. The van der Waals surface area contributed by atoms with Crippen LogP contribution in [0.25, 0.3) is 0 Å². The van der Waals surface area contributed by atoms with Crippen molar-refractivity contribution in [2.45, 2.75) is 19.5 Å². The lowest BCUT2D eigenvalue weighted by molar-refractivity contribution is 0.385. The minimum Gasteiger partial charge on any atom is -0.496 e. The molecule has 5 heteroatoms. The monoisotopic (exact) mass is 342 g/mol. The maximum Gasteiger partial charge on any atom is 0.133 e. The van der Waals surface area contributed by atoms with E-state index >= 15 is 0 Å². The van der Waals surface area contributed by atoms with Crippen molar-refractivity contribution in [3.63, 3.8) is 0 Å². The summed E-state index contributed by atoms with van der Waals surface area (Å²) >= 11 is 6.44. The average molecular weight is 343 g/mol. The van der Waals surface area contributed by atoms with E-state index in [0.717, 1.165) is 28.3 Å². The second kappa shape index (κ2) is 7.51. The molecule has 1 atom stereocenters. The topological polar surface area (TPSA) is 47.3 Å². The standard InChI is InChI=1S/C19H19ClN2O2/c1-13-11-14(22-24-13)12-21-19(15-7-3-5-9-17(15)20)16-8-4-6-10-18(16)23-2/h3-11,19,21H,12H2,1-2H3/t19-/m0/s1. The summed E-state index contributed by atoms with van der Waals surface area (Å²) in [5.41, 5.74) is 2.86. The van der Waals surface area contributed by atoms with E-state index in [1.807, 2.05) is 61.5 Å². The molecule has 2 aromatic carbocycles. The van der Waals surface area contributed by atoms with Crippen molar-refractivity contribution in [3.8, 4) is 5.75 Å². The van der Waals surface area contributed by atoms with Gasteiger partial charge in [-0.25, -0.2) is 0 Å². The van der Waals surface area contributed by atoms with Crippen LogP contribution in [-0.2, 0) is 6.54 Å². The van der Waals surface area contributed by atoms with Gasteiger partial charge in [-0.3, -0.25) is 0 Å². The lowest BCUT2D eigenvalue weighted by Gasteiger charge is -2.22. The molecule has 0 aliphatic heterocycles. The molecule has 0 aliphatic carbocycles. The molecule has 0 fully saturated rings. The first-order valence-corrected chi connectivity index (χ1v) is 8.09. The van der Waals surface area contributed by atoms with Crippen molar-refractivity contribution < 1.29 is 9.26 Å². The van der Waals surface area contributed by atoms with Gasteiger partial charge in [-0.15, -0.1) is 0 Å². The third-order valence-electron chi connectivity index (χ3n) is 3.83. The van der Waals surface area contributed by atoms with Crippen LogP contribution in [0.2, 0.25) is 5.02 Å². The average Bonchev–Trinajstić information content (AvgIpc) is 3.02. The first-order valence-electron chi connectivity index (χ1n) is 7.72. The van der Waals surface area contributed by atoms with E-state index in [9.17, 15) is 0 Å². The van der Waals surface area contributed by atoms with E-state index in [-0.39, 0.29) is 6.04 Å². The highest BCUT2D eigenvalue weighted by atomic mass is 35.5. The van der Waals surface area contributed by atoms with Crippen molar-refractivity contribution in [2.24, 2.45) is 0 Å². The lowest BCUT2D eigenvalue weighted by atomic mass is 9.97. The number of benzene rings is 2. The van der Waals surface area contributed by atoms with E-state index in [1.165, 1.54) is 0 Å². The summed E-state index contributed by atoms with van der Waals surface area (Å²) < 4.78 is 10.7. The molecule has 0 unspecified atom stereocenters. The van der Waals surface area contributed by atoms with E-state index in [1.54, 1.807) is 7.11 Å². The Hall–Kier alpha value is -2.30. The predicted octanol–water partition coefficient (Wildman–Crippen LogP) is 4.52. The number of ether oxygens (including phenoxy) is 1. The number of nitrogens with one attached hydrogen (secondary N) is 1. The Balaban J connectivity index is 1.96. The van der Waals surface area contributed by atoms with Crippen LogP contribution in [0.3, 0.4) is 0 Å². The molecule has 4 nitrogen and oxygen atoms in total. The third kappa shape index (κ3) is 3.61. The molecular formula is C19H19ClN2O2. The molecule has 0 saturated carbocycles.